The monoisotopic (exact) mass is 336 g/mol. The Morgan fingerprint density at radius 2 is 1.58 bits per heavy atom. The highest BCUT2D eigenvalue weighted by Crippen LogP contribution is 2.23. The van der Waals surface area contributed by atoms with Crippen LogP contribution in [0.25, 0.3) is 11.1 Å². The topological polar surface area (TPSA) is 27.7 Å². The molecule has 0 saturated carbocycles. The van der Waals surface area contributed by atoms with Crippen LogP contribution in [0.4, 0.5) is 13.2 Å². The molecule has 0 atom stereocenters. The first kappa shape index (κ1) is 17.0. The molecule has 1 fully saturated rings. The van der Waals surface area contributed by atoms with Gasteiger partial charge < -0.3 is 14.0 Å². The van der Waals surface area contributed by atoms with Gasteiger partial charge in [-0.1, -0.05) is 24.3 Å². The predicted octanol–water partition coefficient (Wildman–Crippen LogP) is 2.92. The molecule has 0 aliphatic carbocycles. The van der Waals surface area contributed by atoms with E-state index < -0.39 is 24.6 Å². The van der Waals surface area contributed by atoms with Crippen molar-refractivity contribution in [3.8, 4) is 11.1 Å². The van der Waals surface area contributed by atoms with Gasteiger partial charge in [-0.05, 0) is 35.6 Å². The van der Waals surface area contributed by atoms with Crippen LogP contribution in [0.15, 0.2) is 36.4 Å². The fourth-order valence-electron chi connectivity index (χ4n) is 2.56. The molecular weight excluding hydrogens is 320 g/mol. The van der Waals surface area contributed by atoms with Crippen LogP contribution in [0.1, 0.15) is 6.92 Å². The van der Waals surface area contributed by atoms with E-state index in [0.717, 1.165) is 17.6 Å². The lowest BCUT2D eigenvalue weighted by molar-refractivity contribution is -0.0376. The van der Waals surface area contributed by atoms with E-state index in [9.17, 15) is 13.2 Å². The van der Waals surface area contributed by atoms with Crippen LogP contribution < -0.4 is 5.46 Å². The second-order valence-corrected chi connectivity index (χ2v) is 5.45. The third kappa shape index (κ3) is 3.63. The summed E-state index contributed by atoms with van der Waals surface area (Å²) in [6.45, 7) is 3.39. The largest absolute Gasteiger partial charge is 0.494 e. The Balaban J connectivity index is 1.72. The summed E-state index contributed by atoms with van der Waals surface area (Å²) < 4.78 is 56.3. The van der Waals surface area contributed by atoms with Crippen molar-refractivity contribution >= 4 is 12.6 Å². The molecule has 0 amide bonds. The van der Waals surface area contributed by atoms with Gasteiger partial charge in [0.05, 0.1) is 13.2 Å². The van der Waals surface area contributed by atoms with Crippen molar-refractivity contribution in [3.63, 3.8) is 0 Å². The van der Waals surface area contributed by atoms with Gasteiger partial charge in [-0.2, -0.15) is 0 Å². The molecule has 2 aromatic rings. The van der Waals surface area contributed by atoms with Gasteiger partial charge in [0.2, 0.25) is 0 Å². The van der Waals surface area contributed by atoms with Gasteiger partial charge in [0, 0.05) is 6.61 Å². The number of ether oxygens (including phenoxy) is 1. The Hall–Kier alpha value is -1.83. The molecule has 1 saturated heterocycles. The van der Waals surface area contributed by atoms with Crippen molar-refractivity contribution in [2.24, 2.45) is 0 Å². The number of hydrogen-bond acceptors (Lipinski definition) is 3. The van der Waals surface area contributed by atoms with Gasteiger partial charge in [-0.15, -0.1) is 0 Å². The third-order valence-corrected chi connectivity index (χ3v) is 3.77. The van der Waals surface area contributed by atoms with E-state index in [1.54, 1.807) is 24.3 Å². The molecule has 1 heterocycles. The highest BCUT2D eigenvalue weighted by Gasteiger charge is 2.29. The second kappa shape index (κ2) is 7.38. The maximum Gasteiger partial charge on any atom is 0.494 e. The fourth-order valence-corrected chi connectivity index (χ4v) is 2.56. The van der Waals surface area contributed by atoms with Crippen LogP contribution in [-0.2, 0) is 14.0 Å². The van der Waals surface area contributed by atoms with Gasteiger partial charge >= 0.3 is 7.12 Å². The lowest BCUT2D eigenvalue weighted by Crippen LogP contribution is -2.47. The summed E-state index contributed by atoms with van der Waals surface area (Å²) in [6, 6.07) is 8.80. The van der Waals surface area contributed by atoms with Crippen molar-refractivity contribution in [3.05, 3.63) is 53.8 Å². The Kier molecular flexibility index (Phi) is 5.23. The maximum atomic E-state index is 13.3. The quantitative estimate of drug-likeness (QED) is 0.635. The van der Waals surface area contributed by atoms with Gasteiger partial charge in [-0.25, -0.2) is 13.2 Å². The minimum Gasteiger partial charge on any atom is -0.404 e. The normalized spacial score (nSPS) is 15.8. The van der Waals surface area contributed by atoms with E-state index in [1.165, 1.54) is 0 Å². The Morgan fingerprint density at radius 1 is 1.00 bits per heavy atom. The van der Waals surface area contributed by atoms with E-state index >= 15 is 0 Å². The van der Waals surface area contributed by atoms with Crippen molar-refractivity contribution in [2.75, 3.05) is 19.8 Å². The van der Waals surface area contributed by atoms with Crippen molar-refractivity contribution in [1.82, 2.24) is 0 Å². The van der Waals surface area contributed by atoms with Gasteiger partial charge in [0.15, 0.2) is 17.5 Å². The summed E-state index contributed by atoms with van der Waals surface area (Å²) in [5.41, 5.74) is 1.62. The molecule has 0 bridgehead atoms. The van der Waals surface area contributed by atoms with Crippen LogP contribution in [0.5, 0.6) is 0 Å². The van der Waals surface area contributed by atoms with Crippen LogP contribution in [0, 0.1) is 17.5 Å². The van der Waals surface area contributed by atoms with Gasteiger partial charge in [0.25, 0.3) is 0 Å². The van der Waals surface area contributed by atoms with Crippen LogP contribution in [0.2, 0.25) is 0 Å². The van der Waals surface area contributed by atoms with Crippen molar-refractivity contribution in [1.29, 1.82) is 0 Å². The fraction of sp³-hybridized carbons (Fsp3) is 0.294. The summed E-state index contributed by atoms with van der Waals surface area (Å²) >= 11 is 0. The van der Waals surface area contributed by atoms with E-state index in [0.29, 0.717) is 25.4 Å². The SMILES string of the molecule is CCOC1COB(c2ccc(-c3cc(F)c(F)c(F)c3)cc2)OC1. The number of hydrogen-bond donors (Lipinski definition) is 0. The Labute approximate surface area is 138 Å². The zero-order chi connectivity index (χ0) is 17.1. The summed E-state index contributed by atoms with van der Waals surface area (Å²) in [7, 11) is -0.502. The molecule has 0 aromatic heterocycles. The predicted molar refractivity (Wildman–Crippen MR) is 84.5 cm³/mol. The summed E-state index contributed by atoms with van der Waals surface area (Å²) in [4.78, 5) is 0. The van der Waals surface area contributed by atoms with Gasteiger partial charge in [0.1, 0.15) is 6.10 Å². The summed E-state index contributed by atoms with van der Waals surface area (Å²) in [5, 5.41) is 0. The molecule has 126 valence electrons. The molecule has 0 unspecified atom stereocenters. The minimum absolute atomic E-state index is 0.0734. The molecule has 3 rings (SSSR count). The zero-order valence-electron chi connectivity index (χ0n) is 13.1. The first-order chi connectivity index (χ1) is 11.6. The highest BCUT2D eigenvalue weighted by atomic mass is 19.2. The molecule has 3 nitrogen and oxygen atoms in total. The lowest BCUT2D eigenvalue weighted by Gasteiger charge is -2.27. The Bertz CT molecular complexity index is 678. The summed E-state index contributed by atoms with van der Waals surface area (Å²) in [6.07, 6.45) is -0.0734. The van der Waals surface area contributed by atoms with Gasteiger partial charge in [-0.3, -0.25) is 0 Å². The van der Waals surface area contributed by atoms with Crippen LogP contribution in [0.3, 0.4) is 0 Å². The molecule has 0 radical (unpaired) electrons. The third-order valence-electron chi connectivity index (χ3n) is 3.77. The van der Waals surface area contributed by atoms with Crippen LogP contribution in [-0.4, -0.2) is 33.0 Å². The maximum absolute atomic E-state index is 13.3. The molecule has 2 aromatic carbocycles. The van der Waals surface area contributed by atoms with E-state index in [-0.39, 0.29) is 11.7 Å². The lowest BCUT2D eigenvalue weighted by atomic mass is 9.77. The number of halogens is 3. The van der Waals surface area contributed by atoms with Crippen LogP contribution >= 0.6 is 0 Å². The van der Waals surface area contributed by atoms with Crippen molar-refractivity contribution < 1.29 is 27.2 Å². The number of benzene rings is 2. The first-order valence-corrected chi connectivity index (χ1v) is 7.68. The average Bonchev–Trinajstić information content (AvgIpc) is 2.60. The van der Waals surface area contributed by atoms with Crippen molar-refractivity contribution in [2.45, 2.75) is 13.0 Å². The standard InChI is InChI=1S/C17H16BF3O3/c1-2-22-14-9-23-18(24-10-14)13-5-3-11(4-6-13)12-7-15(19)17(21)16(20)8-12/h3-8,14H,2,9-10H2,1H3. The first-order valence-electron chi connectivity index (χ1n) is 7.68. The zero-order valence-corrected chi connectivity index (χ0v) is 13.1. The molecule has 24 heavy (non-hydrogen) atoms. The molecule has 1 aliphatic heterocycles. The molecule has 1 aliphatic rings. The molecule has 0 spiro atoms. The van der Waals surface area contributed by atoms with E-state index in [4.69, 9.17) is 14.0 Å². The second-order valence-electron chi connectivity index (χ2n) is 5.45. The molecular formula is C17H16BF3O3. The molecule has 0 N–H and O–H groups in total. The highest BCUT2D eigenvalue weighted by molar-refractivity contribution is 6.61. The van der Waals surface area contributed by atoms with E-state index in [2.05, 4.69) is 0 Å². The van der Waals surface area contributed by atoms with E-state index in [1.807, 2.05) is 6.92 Å². The average molecular weight is 336 g/mol. The summed E-state index contributed by atoms with van der Waals surface area (Å²) in [5.74, 6) is -3.90. The molecule has 7 heteroatoms. The number of rotatable bonds is 4. The smallest absolute Gasteiger partial charge is 0.404 e. The Morgan fingerprint density at radius 3 is 2.12 bits per heavy atom. The minimum atomic E-state index is -1.47.